The molecule has 0 bridgehead atoms. The number of benzene rings is 1. The average Bonchev–Trinajstić information content (AvgIpc) is 2.56. The summed E-state index contributed by atoms with van der Waals surface area (Å²) >= 11 is 0. The zero-order chi connectivity index (χ0) is 17.9. The van der Waals surface area contributed by atoms with Gasteiger partial charge < -0.3 is 10.6 Å². The van der Waals surface area contributed by atoms with E-state index >= 15 is 0 Å². The van der Waals surface area contributed by atoms with E-state index in [0.29, 0.717) is 5.95 Å². The molecule has 0 amide bonds. The van der Waals surface area contributed by atoms with Gasteiger partial charge in [-0.15, -0.1) is 0 Å². The largest absolute Gasteiger partial charge is 0.350 e. The SMILES string of the molecule is Cc1ccccc1Nc1cc(-c2ccncc2)nc(NC(C)(C)C)n1. The van der Waals surface area contributed by atoms with Crippen molar-refractivity contribution in [3.05, 3.63) is 60.4 Å². The lowest BCUT2D eigenvalue weighted by molar-refractivity contribution is 0.626. The van der Waals surface area contributed by atoms with E-state index in [2.05, 4.69) is 59.3 Å². The zero-order valence-electron chi connectivity index (χ0n) is 15.0. The summed E-state index contributed by atoms with van der Waals surface area (Å²) in [5.41, 5.74) is 3.92. The predicted molar refractivity (Wildman–Crippen MR) is 103 cm³/mol. The predicted octanol–water partition coefficient (Wildman–Crippen LogP) is 4.80. The number of hydrogen-bond acceptors (Lipinski definition) is 5. The van der Waals surface area contributed by atoms with Crippen molar-refractivity contribution < 1.29 is 0 Å². The van der Waals surface area contributed by atoms with Crippen LogP contribution in [0.15, 0.2) is 54.9 Å². The monoisotopic (exact) mass is 333 g/mol. The van der Waals surface area contributed by atoms with Crippen LogP contribution in [0.1, 0.15) is 26.3 Å². The Balaban J connectivity index is 2.02. The van der Waals surface area contributed by atoms with Gasteiger partial charge >= 0.3 is 0 Å². The maximum atomic E-state index is 4.66. The fourth-order valence-electron chi connectivity index (χ4n) is 2.42. The summed E-state index contributed by atoms with van der Waals surface area (Å²) in [6.07, 6.45) is 3.53. The van der Waals surface area contributed by atoms with E-state index in [-0.39, 0.29) is 5.54 Å². The zero-order valence-corrected chi connectivity index (χ0v) is 15.0. The third-order valence-electron chi connectivity index (χ3n) is 3.60. The highest BCUT2D eigenvalue weighted by atomic mass is 15.2. The summed E-state index contributed by atoms with van der Waals surface area (Å²) in [4.78, 5) is 13.4. The molecule has 0 radical (unpaired) electrons. The Kier molecular flexibility index (Phi) is 4.65. The van der Waals surface area contributed by atoms with E-state index in [4.69, 9.17) is 0 Å². The second-order valence-corrected chi connectivity index (χ2v) is 7.01. The lowest BCUT2D eigenvalue weighted by Crippen LogP contribution is -2.27. The van der Waals surface area contributed by atoms with Crippen LogP contribution in [0.25, 0.3) is 11.3 Å². The van der Waals surface area contributed by atoms with Crippen molar-refractivity contribution >= 4 is 17.5 Å². The van der Waals surface area contributed by atoms with Gasteiger partial charge in [0, 0.05) is 35.2 Å². The van der Waals surface area contributed by atoms with Gasteiger partial charge in [0.1, 0.15) is 5.82 Å². The molecule has 0 atom stereocenters. The van der Waals surface area contributed by atoms with Crippen molar-refractivity contribution in [3.8, 4) is 11.3 Å². The summed E-state index contributed by atoms with van der Waals surface area (Å²) in [6.45, 7) is 8.33. The first-order chi connectivity index (χ1) is 11.9. The van der Waals surface area contributed by atoms with Crippen molar-refractivity contribution in [1.29, 1.82) is 0 Å². The Bertz CT molecular complexity index is 853. The van der Waals surface area contributed by atoms with E-state index in [9.17, 15) is 0 Å². The van der Waals surface area contributed by atoms with Crippen LogP contribution in [-0.2, 0) is 0 Å². The van der Waals surface area contributed by atoms with Gasteiger partial charge in [-0.2, -0.15) is 4.98 Å². The van der Waals surface area contributed by atoms with Crippen LogP contribution in [0.4, 0.5) is 17.5 Å². The lowest BCUT2D eigenvalue weighted by Gasteiger charge is -2.21. The summed E-state index contributed by atoms with van der Waals surface area (Å²) in [5, 5.41) is 6.76. The number of aryl methyl sites for hydroxylation is 1. The van der Waals surface area contributed by atoms with Crippen molar-refractivity contribution in [1.82, 2.24) is 15.0 Å². The van der Waals surface area contributed by atoms with Gasteiger partial charge in [-0.3, -0.25) is 4.98 Å². The minimum Gasteiger partial charge on any atom is -0.350 e. The van der Waals surface area contributed by atoms with Gasteiger partial charge in [0.15, 0.2) is 0 Å². The topological polar surface area (TPSA) is 62.7 Å². The number of hydrogen-bond donors (Lipinski definition) is 2. The van der Waals surface area contributed by atoms with Crippen LogP contribution in [0.5, 0.6) is 0 Å². The number of nitrogens with zero attached hydrogens (tertiary/aromatic N) is 3. The summed E-state index contributed by atoms with van der Waals surface area (Å²) < 4.78 is 0. The molecule has 0 saturated carbocycles. The first kappa shape index (κ1) is 16.9. The van der Waals surface area contributed by atoms with Gasteiger partial charge in [-0.25, -0.2) is 4.98 Å². The van der Waals surface area contributed by atoms with Crippen LogP contribution in [0, 0.1) is 6.92 Å². The van der Waals surface area contributed by atoms with Crippen LogP contribution in [-0.4, -0.2) is 20.5 Å². The van der Waals surface area contributed by atoms with Crippen LogP contribution in [0.3, 0.4) is 0 Å². The quantitative estimate of drug-likeness (QED) is 0.718. The third kappa shape index (κ3) is 4.53. The molecular weight excluding hydrogens is 310 g/mol. The Morgan fingerprint density at radius 3 is 2.32 bits per heavy atom. The molecule has 1 aromatic carbocycles. The molecule has 0 aliphatic heterocycles. The van der Waals surface area contributed by atoms with Gasteiger partial charge in [-0.1, -0.05) is 18.2 Å². The number of nitrogens with one attached hydrogen (secondary N) is 2. The summed E-state index contributed by atoms with van der Waals surface area (Å²) in [6, 6.07) is 14.0. The van der Waals surface area contributed by atoms with Crippen LogP contribution < -0.4 is 10.6 Å². The Morgan fingerprint density at radius 2 is 1.64 bits per heavy atom. The van der Waals surface area contributed by atoms with E-state index in [1.807, 2.05) is 36.4 Å². The Hall–Kier alpha value is -2.95. The Morgan fingerprint density at radius 1 is 0.920 bits per heavy atom. The van der Waals surface area contributed by atoms with E-state index in [1.165, 1.54) is 0 Å². The molecule has 3 rings (SSSR count). The van der Waals surface area contributed by atoms with E-state index < -0.39 is 0 Å². The molecule has 0 aliphatic rings. The number of aromatic nitrogens is 3. The molecule has 0 spiro atoms. The summed E-state index contributed by atoms with van der Waals surface area (Å²) in [5.74, 6) is 1.35. The normalized spacial score (nSPS) is 11.2. The molecule has 2 aromatic heterocycles. The Labute approximate surface area is 148 Å². The van der Waals surface area contributed by atoms with E-state index in [0.717, 1.165) is 28.3 Å². The number of pyridine rings is 1. The molecular formula is C20H23N5. The van der Waals surface area contributed by atoms with Gasteiger partial charge in [-0.05, 0) is 51.5 Å². The molecule has 0 saturated heterocycles. The van der Waals surface area contributed by atoms with Crippen molar-refractivity contribution in [2.75, 3.05) is 10.6 Å². The van der Waals surface area contributed by atoms with Crippen LogP contribution in [0.2, 0.25) is 0 Å². The molecule has 25 heavy (non-hydrogen) atoms. The number of rotatable bonds is 4. The molecule has 2 heterocycles. The molecule has 0 unspecified atom stereocenters. The van der Waals surface area contributed by atoms with Crippen molar-refractivity contribution in [2.45, 2.75) is 33.2 Å². The third-order valence-corrected chi connectivity index (χ3v) is 3.60. The molecule has 2 N–H and O–H groups in total. The first-order valence-corrected chi connectivity index (χ1v) is 8.31. The fraction of sp³-hybridized carbons (Fsp3) is 0.250. The molecule has 128 valence electrons. The molecule has 0 fully saturated rings. The highest BCUT2D eigenvalue weighted by molar-refractivity contribution is 5.68. The van der Waals surface area contributed by atoms with Crippen LogP contribution >= 0.6 is 0 Å². The average molecular weight is 333 g/mol. The highest BCUT2D eigenvalue weighted by Crippen LogP contribution is 2.25. The minimum atomic E-state index is -0.128. The highest BCUT2D eigenvalue weighted by Gasteiger charge is 2.14. The van der Waals surface area contributed by atoms with Gasteiger partial charge in [0.05, 0.1) is 5.69 Å². The molecule has 0 aliphatic carbocycles. The molecule has 5 heteroatoms. The second-order valence-electron chi connectivity index (χ2n) is 7.01. The maximum absolute atomic E-state index is 4.66. The lowest BCUT2D eigenvalue weighted by atomic mass is 10.1. The van der Waals surface area contributed by atoms with Crippen molar-refractivity contribution in [3.63, 3.8) is 0 Å². The smallest absolute Gasteiger partial charge is 0.225 e. The fourth-order valence-corrected chi connectivity index (χ4v) is 2.42. The standard InChI is InChI=1S/C20H23N5/c1-14-7-5-6-8-16(14)22-18-13-17(15-9-11-21-12-10-15)23-19(24-18)25-20(2,3)4/h5-13H,1-4H3,(H2,22,23,24,25). The molecule has 3 aromatic rings. The van der Waals surface area contributed by atoms with Gasteiger partial charge in [0.2, 0.25) is 5.95 Å². The van der Waals surface area contributed by atoms with Gasteiger partial charge in [0.25, 0.3) is 0 Å². The number of anilines is 3. The maximum Gasteiger partial charge on any atom is 0.225 e. The minimum absolute atomic E-state index is 0.128. The number of para-hydroxylation sites is 1. The first-order valence-electron chi connectivity index (χ1n) is 8.31. The van der Waals surface area contributed by atoms with E-state index in [1.54, 1.807) is 12.4 Å². The van der Waals surface area contributed by atoms with Crippen molar-refractivity contribution in [2.24, 2.45) is 0 Å². The second kappa shape index (κ2) is 6.89. The summed E-state index contributed by atoms with van der Waals surface area (Å²) in [7, 11) is 0. The molecule has 5 nitrogen and oxygen atoms in total.